The summed E-state index contributed by atoms with van der Waals surface area (Å²) in [6.07, 6.45) is 5.26. The predicted molar refractivity (Wildman–Crippen MR) is 69.3 cm³/mol. The Morgan fingerprint density at radius 2 is 1.94 bits per heavy atom. The Morgan fingerprint density at radius 3 is 2.62 bits per heavy atom. The van der Waals surface area contributed by atoms with Gasteiger partial charge in [-0.3, -0.25) is 0 Å². The molecule has 0 bridgehead atoms. The van der Waals surface area contributed by atoms with Crippen molar-refractivity contribution in [3.05, 3.63) is 66.5 Å². The van der Waals surface area contributed by atoms with E-state index >= 15 is 0 Å². The van der Waals surface area contributed by atoms with E-state index in [1.165, 1.54) is 11.1 Å². The monoisotopic (exact) mass is 211 g/mol. The maximum Gasteiger partial charge on any atom is 0.0260 e. The van der Waals surface area contributed by atoms with Gasteiger partial charge in [0.1, 0.15) is 0 Å². The molecule has 1 heterocycles. The standard InChI is InChI=1S/C15H17N/c1-13(2)15-7-5-6-14(12-15)8-11-16-9-3-4-10-16/h3-7,9-10,12H,1,8,11H2,2H3. The van der Waals surface area contributed by atoms with Crippen molar-refractivity contribution >= 4 is 5.57 Å². The first-order valence-electron chi connectivity index (χ1n) is 5.61. The molecule has 0 radical (unpaired) electrons. The van der Waals surface area contributed by atoms with E-state index in [-0.39, 0.29) is 0 Å². The third-order valence-corrected chi connectivity index (χ3v) is 2.74. The quantitative estimate of drug-likeness (QED) is 0.725. The fourth-order valence-corrected chi connectivity index (χ4v) is 1.77. The van der Waals surface area contributed by atoms with E-state index in [1.54, 1.807) is 0 Å². The molecule has 0 aliphatic carbocycles. The van der Waals surface area contributed by atoms with Gasteiger partial charge in [0.2, 0.25) is 0 Å². The lowest BCUT2D eigenvalue weighted by atomic mass is 10.0. The van der Waals surface area contributed by atoms with Crippen LogP contribution in [0.3, 0.4) is 0 Å². The molecule has 1 heteroatoms. The van der Waals surface area contributed by atoms with Gasteiger partial charge in [-0.15, -0.1) is 0 Å². The van der Waals surface area contributed by atoms with E-state index in [1.807, 2.05) is 6.92 Å². The molecule has 2 rings (SSSR count). The van der Waals surface area contributed by atoms with Crippen LogP contribution in [0.1, 0.15) is 18.1 Å². The molecule has 0 spiro atoms. The summed E-state index contributed by atoms with van der Waals surface area (Å²) in [7, 11) is 0. The van der Waals surface area contributed by atoms with Gasteiger partial charge in [-0.2, -0.15) is 0 Å². The number of hydrogen-bond acceptors (Lipinski definition) is 0. The Balaban J connectivity index is 2.04. The number of rotatable bonds is 4. The van der Waals surface area contributed by atoms with Crippen LogP contribution in [0.25, 0.3) is 5.57 Å². The van der Waals surface area contributed by atoms with Gasteiger partial charge in [-0.1, -0.05) is 36.4 Å². The minimum absolute atomic E-state index is 1.03. The van der Waals surface area contributed by atoms with Crippen LogP contribution in [0.2, 0.25) is 0 Å². The molecule has 0 saturated heterocycles. The van der Waals surface area contributed by atoms with E-state index in [2.05, 4.69) is 59.9 Å². The van der Waals surface area contributed by atoms with Crippen molar-refractivity contribution in [1.29, 1.82) is 0 Å². The summed E-state index contributed by atoms with van der Waals surface area (Å²) >= 11 is 0. The van der Waals surface area contributed by atoms with Crippen LogP contribution in [0.4, 0.5) is 0 Å². The topological polar surface area (TPSA) is 4.93 Å². The number of aryl methyl sites for hydroxylation is 2. The van der Waals surface area contributed by atoms with Crippen molar-refractivity contribution in [2.75, 3.05) is 0 Å². The highest BCUT2D eigenvalue weighted by Gasteiger charge is 1.97. The molecule has 0 amide bonds. The lowest BCUT2D eigenvalue weighted by Gasteiger charge is -2.06. The first-order valence-corrected chi connectivity index (χ1v) is 5.61. The van der Waals surface area contributed by atoms with E-state index in [0.717, 1.165) is 18.5 Å². The highest BCUT2D eigenvalue weighted by molar-refractivity contribution is 5.61. The van der Waals surface area contributed by atoms with Gasteiger partial charge in [-0.25, -0.2) is 0 Å². The molecule has 0 aliphatic heterocycles. The van der Waals surface area contributed by atoms with Gasteiger partial charge in [0, 0.05) is 18.9 Å². The van der Waals surface area contributed by atoms with Crippen molar-refractivity contribution in [3.63, 3.8) is 0 Å². The number of allylic oxidation sites excluding steroid dienone is 1. The minimum atomic E-state index is 1.03. The second-order valence-corrected chi connectivity index (χ2v) is 4.15. The lowest BCUT2D eigenvalue weighted by molar-refractivity contribution is 0.701. The van der Waals surface area contributed by atoms with Crippen LogP contribution in [0.15, 0.2) is 55.4 Å². The number of nitrogens with zero attached hydrogens (tertiary/aromatic N) is 1. The first-order chi connectivity index (χ1) is 7.75. The smallest absolute Gasteiger partial charge is 0.0260 e. The van der Waals surface area contributed by atoms with Gasteiger partial charge < -0.3 is 4.57 Å². The van der Waals surface area contributed by atoms with Gasteiger partial charge in [0.25, 0.3) is 0 Å². The van der Waals surface area contributed by atoms with Crippen molar-refractivity contribution in [1.82, 2.24) is 4.57 Å². The maximum atomic E-state index is 3.97. The average Bonchev–Trinajstić information content (AvgIpc) is 2.79. The molecule has 0 N–H and O–H groups in total. The van der Waals surface area contributed by atoms with Crippen molar-refractivity contribution in [2.45, 2.75) is 19.9 Å². The molecule has 0 saturated carbocycles. The van der Waals surface area contributed by atoms with Crippen LogP contribution in [-0.2, 0) is 13.0 Å². The lowest BCUT2D eigenvalue weighted by Crippen LogP contribution is -1.98. The zero-order valence-electron chi connectivity index (χ0n) is 9.69. The van der Waals surface area contributed by atoms with Crippen molar-refractivity contribution in [2.24, 2.45) is 0 Å². The maximum absolute atomic E-state index is 3.97. The summed E-state index contributed by atoms with van der Waals surface area (Å²) in [6.45, 7) is 7.05. The van der Waals surface area contributed by atoms with Gasteiger partial charge in [-0.05, 0) is 36.6 Å². The summed E-state index contributed by atoms with van der Waals surface area (Å²) in [4.78, 5) is 0. The molecule has 0 fully saturated rings. The first kappa shape index (κ1) is 10.7. The second kappa shape index (κ2) is 4.84. The van der Waals surface area contributed by atoms with Crippen molar-refractivity contribution in [3.8, 4) is 0 Å². The summed E-state index contributed by atoms with van der Waals surface area (Å²) in [6, 6.07) is 12.7. The van der Waals surface area contributed by atoms with E-state index in [0.29, 0.717) is 0 Å². The largest absolute Gasteiger partial charge is 0.354 e. The summed E-state index contributed by atoms with van der Waals surface area (Å²) in [5, 5.41) is 0. The third kappa shape index (κ3) is 2.63. The molecule has 0 aliphatic rings. The van der Waals surface area contributed by atoms with Crippen molar-refractivity contribution < 1.29 is 0 Å². The van der Waals surface area contributed by atoms with E-state index in [9.17, 15) is 0 Å². The fraction of sp³-hybridized carbons (Fsp3) is 0.200. The molecule has 1 aromatic heterocycles. The molecule has 1 nitrogen and oxygen atoms in total. The van der Waals surface area contributed by atoms with Crippen LogP contribution in [0, 0.1) is 0 Å². The molecule has 82 valence electrons. The van der Waals surface area contributed by atoms with Gasteiger partial charge in [0.15, 0.2) is 0 Å². The highest BCUT2D eigenvalue weighted by Crippen LogP contribution is 2.14. The molecular weight excluding hydrogens is 194 g/mol. The Kier molecular flexibility index (Phi) is 3.25. The Bertz CT molecular complexity index is 466. The minimum Gasteiger partial charge on any atom is -0.354 e. The Hall–Kier alpha value is -1.76. The second-order valence-electron chi connectivity index (χ2n) is 4.15. The molecule has 0 atom stereocenters. The number of benzene rings is 1. The molecule has 2 aromatic rings. The average molecular weight is 211 g/mol. The Labute approximate surface area is 97.0 Å². The van der Waals surface area contributed by atoms with E-state index < -0.39 is 0 Å². The SMILES string of the molecule is C=C(C)c1cccc(CCn2cccc2)c1. The van der Waals surface area contributed by atoms with Crippen LogP contribution in [0.5, 0.6) is 0 Å². The Morgan fingerprint density at radius 1 is 1.19 bits per heavy atom. The highest BCUT2D eigenvalue weighted by atomic mass is 14.9. The zero-order valence-corrected chi connectivity index (χ0v) is 9.69. The molecule has 0 unspecified atom stereocenters. The normalized spacial score (nSPS) is 10.3. The number of hydrogen-bond donors (Lipinski definition) is 0. The van der Waals surface area contributed by atoms with E-state index in [4.69, 9.17) is 0 Å². The molecular formula is C15H17N. The molecule has 16 heavy (non-hydrogen) atoms. The van der Waals surface area contributed by atoms with Crippen LogP contribution in [-0.4, -0.2) is 4.57 Å². The summed E-state index contributed by atoms with van der Waals surface area (Å²) in [5.41, 5.74) is 3.74. The van der Waals surface area contributed by atoms with Gasteiger partial charge >= 0.3 is 0 Å². The van der Waals surface area contributed by atoms with Crippen LogP contribution < -0.4 is 0 Å². The molecule has 1 aromatic carbocycles. The summed E-state index contributed by atoms with van der Waals surface area (Å²) < 4.78 is 2.20. The summed E-state index contributed by atoms with van der Waals surface area (Å²) in [5.74, 6) is 0. The fourth-order valence-electron chi connectivity index (χ4n) is 1.77. The predicted octanol–water partition coefficient (Wildman–Crippen LogP) is 3.76. The van der Waals surface area contributed by atoms with Crippen LogP contribution >= 0.6 is 0 Å². The zero-order chi connectivity index (χ0) is 11.4. The van der Waals surface area contributed by atoms with Gasteiger partial charge in [0.05, 0.1) is 0 Å². The third-order valence-electron chi connectivity index (χ3n) is 2.74. The number of aromatic nitrogens is 1.